The minimum atomic E-state index is -1.03. The first-order chi connectivity index (χ1) is 18.9. The van der Waals surface area contributed by atoms with Crippen molar-refractivity contribution >= 4 is 45.5 Å². The molecular weight excluding hydrogens is 539 g/mol. The molecule has 2 aliphatic carbocycles. The molecule has 1 unspecified atom stereocenters. The summed E-state index contributed by atoms with van der Waals surface area (Å²) in [6.45, 7) is 2.03. The molecule has 7 nitrogen and oxygen atoms in total. The van der Waals surface area contributed by atoms with Crippen LogP contribution in [0.3, 0.4) is 0 Å². The van der Waals surface area contributed by atoms with Gasteiger partial charge in [0.1, 0.15) is 29.6 Å². The summed E-state index contributed by atoms with van der Waals surface area (Å²) in [5, 5.41) is 15.6. The van der Waals surface area contributed by atoms with Crippen LogP contribution in [-0.4, -0.2) is 26.6 Å². The van der Waals surface area contributed by atoms with E-state index in [1.165, 1.54) is 12.3 Å². The number of pyridine rings is 1. The second-order valence-electron chi connectivity index (χ2n) is 9.70. The molecule has 9 heteroatoms. The highest BCUT2D eigenvalue weighted by Gasteiger charge is 2.35. The summed E-state index contributed by atoms with van der Waals surface area (Å²) in [5.41, 5.74) is 3.07. The van der Waals surface area contributed by atoms with E-state index in [0.717, 1.165) is 40.5 Å². The Morgan fingerprint density at radius 3 is 2.79 bits per heavy atom. The van der Waals surface area contributed by atoms with E-state index < -0.39 is 5.97 Å². The maximum atomic E-state index is 11.2. The van der Waals surface area contributed by atoms with E-state index >= 15 is 0 Å². The Morgan fingerprint density at radius 1 is 1.21 bits per heavy atom. The van der Waals surface area contributed by atoms with Crippen LogP contribution in [0, 0.1) is 6.92 Å². The number of ether oxygens (including phenoxy) is 2. The SMILES string of the molecule is Cc1cc(C(=O)O)cnc1Oc1cccc2cc(OCc3c(C4=C(Cl)C=CCC4Cl)noc3C3CC3)ccc12. The van der Waals surface area contributed by atoms with Crippen LogP contribution in [0.15, 0.2) is 70.4 Å². The number of hydrogen-bond acceptors (Lipinski definition) is 6. The lowest BCUT2D eigenvalue weighted by Crippen LogP contribution is -2.10. The minimum Gasteiger partial charge on any atom is -0.489 e. The molecule has 1 atom stereocenters. The van der Waals surface area contributed by atoms with Crippen LogP contribution in [0.1, 0.15) is 58.1 Å². The lowest BCUT2D eigenvalue weighted by Gasteiger charge is -2.17. The van der Waals surface area contributed by atoms with Gasteiger partial charge in [-0.25, -0.2) is 9.78 Å². The number of rotatable bonds is 8. The number of aryl methyl sites for hydroxylation is 1. The third-order valence-electron chi connectivity index (χ3n) is 6.88. The van der Waals surface area contributed by atoms with Gasteiger partial charge in [-0.05, 0) is 68.0 Å². The molecule has 0 radical (unpaired) electrons. The zero-order chi connectivity index (χ0) is 27.1. The molecule has 198 valence electrons. The number of allylic oxidation sites excluding steroid dienone is 4. The van der Waals surface area contributed by atoms with Gasteiger partial charge in [0.25, 0.3) is 0 Å². The lowest BCUT2D eigenvalue weighted by molar-refractivity contribution is 0.0696. The number of aromatic nitrogens is 2. The first-order valence-electron chi connectivity index (χ1n) is 12.6. The summed E-state index contributed by atoms with van der Waals surface area (Å²) in [5.74, 6) is 1.79. The fourth-order valence-corrected chi connectivity index (χ4v) is 5.40. The van der Waals surface area contributed by atoms with Crippen molar-refractivity contribution in [2.75, 3.05) is 0 Å². The van der Waals surface area contributed by atoms with Crippen molar-refractivity contribution in [3.63, 3.8) is 0 Å². The van der Waals surface area contributed by atoms with E-state index in [-0.39, 0.29) is 17.5 Å². The second-order valence-corrected chi connectivity index (χ2v) is 10.6. The summed E-state index contributed by atoms with van der Waals surface area (Å²) in [7, 11) is 0. The molecule has 39 heavy (non-hydrogen) atoms. The van der Waals surface area contributed by atoms with Gasteiger partial charge < -0.3 is 19.1 Å². The molecule has 2 heterocycles. The molecule has 1 fully saturated rings. The van der Waals surface area contributed by atoms with Gasteiger partial charge >= 0.3 is 5.97 Å². The number of carbonyl (C=O) groups is 1. The number of alkyl halides is 1. The van der Waals surface area contributed by atoms with E-state index in [9.17, 15) is 9.90 Å². The van der Waals surface area contributed by atoms with Gasteiger partial charge in [-0.2, -0.15) is 0 Å². The van der Waals surface area contributed by atoms with Gasteiger partial charge in [-0.3, -0.25) is 0 Å². The first-order valence-corrected chi connectivity index (χ1v) is 13.4. The molecule has 0 saturated heterocycles. The number of nitrogens with zero attached hydrogens (tertiary/aromatic N) is 2. The first kappa shape index (κ1) is 25.5. The Kier molecular flexibility index (Phi) is 6.79. The minimum absolute atomic E-state index is 0.112. The topological polar surface area (TPSA) is 94.7 Å². The number of fused-ring (bicyclic) bond motifs is 1. The van der Waals surface area contributed by atoms with E-state index in [4.69, 9.17) is 37.2 Å². The smallest absolute Gasteiger partial charge is 0.337 e. The number of benzene rings is 2. The van der Waals surface area contributed by atoms with Crippen LogP contribution in [-0.2, 0) is 6.61 Å². The zero-order valence-electron chi connectivity index (χ0n) is 21.0. The van der Waals surface area contributed by atoms with Gasteiger partial charge in [0, 0.05) is 33.7 Å². The Balaban J connectivity index is 1.26. The van der Waals surface area contributed by atoms with Crippen LogP contribution in [0.2, 0.25) is 0 Å². The zero-order valence-corrected chi connectivity index (χ0v) is 22.5. The molecule has 1 saturated carbocycles. The molecule has 0 spiro atoms. The van der Waals surface area contributed by atoms with Crippen LogP contribution >= 0.6 is 23.2 Å². The average Bonchev–Trinajstić information content (AvgIpc) is 3.68. The number of aromatic carboxylic acids is 1. The summed E-state index contributed by atoms with van der Waals surface area (Å²) >= 11 is 13.1. The van der Waals surface area contributed by atoms with Gasteiger partial charge in [0.05, 0.1) is 16.5 Å². The van der Waals surface area contributed by atoms with E-state index in [0.29, 0.717) is 46.0 Å². The van der Waals surface area contributed by atoms with Crippen molar-refractivity contribution in [1.82, 2.24) is 10.1 Å². The van der Waals surface area contributed by atoms with Crippen LogP contribution < -0.4 is 9.47 Å². The average molecular weight is 563 g/mol. The molecule has 1 N–H and O–H groups in total. The summed E-state index contributed by atoms with van der Waals surface area (Å²) < 4.78 is 18.1. The highest BCUT2D eigenvalue weighted by atomic mass is 35.5. The lowest BCUT2D eigenvalue weighted by atomic mass is 9.97. The van der Waals surface area contributed by atoms with Crippen molar-refractivity contribution in [3.8, 4) is 17.4 Å². The Morgan fingerprint density at radius 2 is 2.05 bits per heavy atom. The van der Waals surface area contributed by atoms with Gasteiger partial charge in [-0.1, -0.05) is 35.0 Å². The fraction of sp³-hybridized carbons (Fsp3) is 0.233. The molecule has 0 bridgehead atoms. The van der Waals surface area contributed by atoms with Crippen LogP contribution in [0.5, 0.6) is 17.4 Å². The highest BCUT2D eigenvalue weighted by Crippen LogP contribution is 2.45. The van der Waals surface area contributed by atoms with E-state index in [1.807, 2.05) is 48.6 Å². The molecule has 0 aliphatic heterocycles. The summed E-state index contributed by atoms with van der Waals surface area (Å²) in [4.78, 5) is 15.4. The molecule has 6 rings (SSSR count). The van der Waals surface area contributed by atoms with E-state index in [1.54, 1.807) is 6.92 Å². The Labute approximate surface area is 234 Å². The van der Waals surface area contributed by atoms with E-state index in [2.05, 4.69) is 10.1 Å². The van der Waals surface area contributed by atoms with Gasteiger partial charge in [0.15, 0.2) is 0 Å². The number of carboxylic acids is 1. The maximum absolute atomic E-state index is 11.2. The maximum Gasteiger partial charge on any atom is 0.337 e. The summed E-state index contributed by atoms with van der Waals surface area (Å²) in [6, 6.07) is 13.0. The largest absolute Gasteiger partial charge is 0.489 e. The van der Waals surface area contributed by atoms with Crippen molar-refractivity contribution in [1.29, 1.82) is 0 Å². The highest BCUT2D eigenvalue weighted by molar-refractivity contribution is 6.38. The summed E-state index contributed by atoms with van der Waals surface area (Å²) in [6.07, 6.45) is 7.89. The van der Waals surface area contributed by atoms with Crippen molar-refractivity contribution in [3.05, 3.63) is 94.0 Å². The monoisotopic (exact) mass is 562 g/mol. The van der Waals surface area contributed by atoms with Crippen molar-refractivity contribution in [2.24, 2.45) is 0 Å². The molecule has 0 amide bonds. The number of halogens is 2. The third kappa shape index (κ3) is 5.12. The molecule has 4 aromatic rings. The van der Waals surface area contributed by atoms with Crippen molar-refractivity contribution < 1.29 is 23.9 Å². The molecule has 2 aliphatic rings. The molecule has 2 aromatic carbocycles. The number of carboxylic acid groups (broad SMARTS) is 1. The molecular formula is C30H24Cl2N2O5. The standard InChI is InChI=1S/C30H24Cl2N2O5/c1-16-12-19(30(35)36)14-33-29(16)38-25-7-2-4-18-13-20(10-11-21(18)25)37-15-22-27(34-39-28(22)17-8-9-17)26-23(31)5-3-6-24(26)32/h2-5,7,10-14,17,24H,6,8-9,15H2,1H3,(H,35,36). The normalized spacial score (nSPS) is 17.1. The predicted octanol–water partition coefficient (Wildman–Crippen LogP) is 8.00. The quantitative estimate of drug-likeness (QED) is 0.217. The van der Waals surface area contributed by atoms with Crippen LogP contribution in [0.25, 0.3) is 16.3 Å². The second kappa shape index (κ2) is 10.4. The number of hydrogen-bond donors (Lipinski definition) is 1. The Bertz CT molecular complexity index is 1650. The van der Waals surface area contributed by atoms with Crippen molar-refractivity contribution in [2.45, 2.75) is 44.1 Å². The van der Waals surface area contributed by atoms with Gasteiger partial charge in [-0.15, -0.1) is 11.6 Å². The fourth-order valence-electron chi connectivity index (χ4n) is 4.71. The molecule has 2 aromatic heterocycles. The third-order valence-corrected chi connectivity index (χ3v) is 7.60. The Hall–Kier alpha value is -3.81. The van der Waals surface area contributed by atoms with Gasteiger partial charge in [0.2, 0.25) is 5.88 Å². The predicted molar refractivity (Wildman–Crippen MR) is 149 cm³/mol. The van der Waals surface area contributed by atoms with Crippen LogP contribution in [0.4, 0.5) is 0 Å².